The van der Waals surface area contributed by atoms with E-state index in [1.807, 2.05) is 0 Å². The normalized spacial score (nSPS) is 22.8. The van der Waals surface area contributed by atoms with Crippen molar-refractivity contribution in [1.82, 2.24) is 5.32 Å². The summed E-state index contributed by atoms with van der Waals surface area (Å²) in [7, 11) is 0. The molecule has 0 spiro atoms. The number of benzene rings is 1. The molecule has 0 bridgehead atoms. The van der Waals surface area contributed by atoms with Crippen molar-refractivity contribution in [2.24, 2.45) is 5.41 Å². The van der Waals surface area contributed by atoms with Gasteiger partial charge < -0.3 is 10.1 Å². The highest BCUT2D eigenvalue weighted by atomic mass is 79.9. The lowest BCUT2D eigenvalue weighted by Gasteiger charge is -2.28. The van der Waals surface area contributed by atoms with Gasteiger partial charge in [-0.3, -0.25) is 4.79 Å². The molecule has 1 heterocycles. The standard InChI is InChI=1S/C13H13BrF3NO2/c14-10-4-2-1-3-9(10)7-20-11(19)12(13(15,16)17)5-6-18-8-12/h1-4,18H,5-8H2. The van der Waals surface area contributed by atoms with Gasteiger partial charge in [-0.1, -0.05) is 34.1 Å². The van der Waals surface area contributed by atoms with E-state index in [2.05, 4.69) is 21.2 Å². The molecular formula is C13H13BrF3NO2. The zero-order chi connectivity index (χ0) is 14.8. The van der Waals surface area contributed by atoms with Gasteiger partial charge in [-0.15, -0.1) is 0 Å². The zero-order valence-electron chi connectivity index (χ0n) is 10.5. The first-order chi connectivity index (χ1) is 9.37. The summed E-state index contributed by atoms with van der Waals surface area (Å²) in [6, 6.07) is 6.92. The van der Waals surface area contributed by atoms with Crippen LogP contribution in [0.5, 0.6) is 0 Å². The zero-order valence-corrected chi connectivity index (χ0v) is 12.1. The lowest BCUT2D eigenvalue weighted by atomic mass is 9.86. The number of alkyl halides is 3. The Morgan fingerprint density at radius 2 is 2.10 bits per heavy atom. The van der Waals surface area contributed by atoms with Gasteiger partial charge in [-0.2, -0.15) is 13.2 Å². The maximum absolute atomic E-state index is 13.1. The highest BCUT2D eigenvalue weighted by Gasteiger charge is 2.62. The van der Waals surface area contributed by atoms with Crippen LogP contribution in [0.25, 0.3) is 0 Å². The van der Waals surface area contributed by atoms with Crippen LogP contribution in [0.4, 0.5) is 13.2 Å². The Kier molecular flexibility index (Phi) is 4.39. The Hall–Kier alpha value is -1.08. The average Bonchev–Trinajstić information content (AvgIpc) is 2.87. The van der Waals surface area contributed by atoms with Crippen LogP contribution >= 0.6 is 15.9 Å². The fourth-order valence-electron chi connectivity index (χ4n) is 2.12. The van der Waals surface area contributed by atoms with Gasteiger partial charge in [0.1, 0.15) is 6.61 Å². The van der Waals surface area contributed by atoms with Crippen molar-refractivity contribution in [3.63, 3.8) is 0 Å². The van der Waals surface area contributed by atoms with E-state index >= 15 is 0 Å². The summed E-state index contributed by atoms with van der Waals surface area (Å²) in [5, 5.41) is 2.58. The fraction of sp³-hybridized carbons (Fsp3) is 0.462. The second-order valence-electron chi connectivity index (χ2n) is 4.67. The summed E-state index contributed by atoms with van der Waals surface area (Å²) < 4.78 is 45.0. The molecule has 1 aliphatic heterocycles. The van der Waals surface area contributed by atoms with Crippen LogP contribution in [0.2, 0.25) is 0 Å². The van der Waals surface area contributed by atoms with Crippen LogP contribution < -0.4 is 5.32 Å². The number of esters is 1. The molecule has 0 amide bonds. The first-order valence-electron chi connectivity index (χ1n) is 6.05. The first kappa shape index (κ1) is 15.3. The summed E-state index contributed by atoms with van der Waals surface area (Å²) in [6.07, 6.45) is -4.90. The Morgan fingerprint density at radius 1 is 1.40 bits per heavy atom. The minimum absolute atomic E-state index is 0.156. The van der Waals surface area contributed by atoms with Gasteiger partial charge in [-0.05, 0) is 19.0 Å². The number of nitrogens with one attached hydrogen (secondary N) is 1. The SMILES string of the molecule is O=C(OCc1ccccc1Br)C1(C(F)(F)F)CCNC1. The van der Waals surface area contributed by atoms with Crippen LogP contribution in [-0.2, 0) is 16.1 Å². The minimum atomic E-state index is -4.61. The van der Waals surface area contributed by atoms with Gasteiger partial charge in [-0.25, -0.2) is 0 Å². The van der Waals surface area contributed by atoms with Crippen LogP contribution in [0.1, 0.15) is 12.0 Å². The van der Waals surface area contributed by atoms with Gasteiger partial charge >= 0.3 is 12.1 Å². The molecule has 1 aliphatic rings. The molecule has 0 radical (unpaired) electrons. The molecule has 0 aromatic heterocycles. The van der Waals surface area contributed by atoms with E-state index in [9.17, 15) is 18.0 Å². The van der Waals surface area contributed by atoms with E-state index in [0.717, 1.165) is 0 Å². The molecular weight excluding hydrogens is 339 g/mol. The number of carbonyl (C=O) groups excluding carboxylic acids is 1. The number of hydrogen-bond acceptors (Lipinski definition) is 3. The van der Waals surface area contributed by atoms with E-state index in [-0.39, 0.29) is 19.6 Å². The third-order valence-electron chi connectivity index (χ3n) is 3.41. The van der Waals surface area contributed by atoms with Crippen molar-refractivity contribution in [1.29, 1.82) is 0 Å². The molecule has 20 heavy (non-hydrogen) atoms. The summed E-state index contributed by atoms with van der Waals surface area (Å²) in [5.41, 5.74) is -1.79. The Labute approximate surface area is 122 Å². The van der Waals surface area contributed by atoms with Gasteiger partial charge in [0.25, 0.3) is 0 Å². The van der Waals surface area contributed by atoms with Crippen molar-refractivity contribution in [3.05, 3.63) is 34.3 Å². The molecule has 1 aromatic rings. The second kappa shape index (κ2) is 5.73. The van der Waals surface area contributed by atoms with Crippen LogP contribution in [0.3, 0.4) is 0 Å². The Bertz CT molecular complexity index is 499. The predicted octanol–water partition coefficient (Wildman–Crippen LogP) is 3.03. The maximum atomic E-state index is 13.1. The van der Waals surface area contributed by atoms with Gasteiger partial charge in [0, 0.05) is 16.6 Å². The molecule has 1 fully saturated rings. The number of carbonyl (C=O) groups is 1. The molecule has 1 aromatic carbocycles. The van der Waals surface area contributed by atoms with Crippen LogP contribution in [-0.4, -0.2) is 25.2 Å². The van der Waals surface area contributed by atoms with Crippen molar-refractivity contribution in [2.75, 3.05) is 13.1 Å². The summed E-state index contributed by atoms with van der Waals surface area (Å²) in [5.74, 6) is -1.22. The second-order valence-corrected chi connectivity index (χ2v) is 5.53. The lowest BCUT2D eigenvalue weighted by Crippen LogP contribution is -2.47. The van der Waals surface area contributed by atoms with Crippen molar-refractivity contribution in [2.45, 2.75) is 19.2 Å². The lowest BCUT2D eigenvalue weighted by molar-refractivity contribution is -0.229. The van der Waals surface area contributed by atoms with Crippen LogP contribution in [0, 0.1) is 5.41 Å². The third kappa shape index (κ3) is 2.83. The van der Waals surface area contributed by atoms with E-state index in [1.165, 1.54) is 0 Å². The van der Waals surface area contributed by atoms with Gasteiger partial charge in [0.15, 0.2) is 5.41 Å². The van der Waals surface area contributed by atoms with E-state index in [4.69, 9.17) is 4.74 Å². The number of ether oxygens (including phenoxy) is 1. The van der Waals surface area contributed by atoms with Crippen LogP contribution in [0.15, 0.2) is 28.7 Å². The van der Waals surface area contributed by atoms with E-state index in [1.54, 1.807) is 24.3 Å². The summed E-state index contributed by atoms with van der Waals surface area (Å²) in [6.45, 7) is -0.451. The smallest absolute Gasteiger partial charge is 0.406 e. The number of halogens is 4. The Morgan fingerprint density at radius 3 is 2.65 bits per heavy atom. The maximum Gasteiger partial charge on any atom is 0.406 e. The molecule has 7 heteroatoms. The van der Waals surface area contributed by atoms with E-state index < -0.39 is 24.1 Å². The summed E-state index contributed by atoms with van der Waals surface area (Å²) >= 11 is 3.26. The van der Waals surface area contributed by atoms with Crippen molar-refractivity contribution < 1.29 is 22.7 Å². The molecule has 1 saturated heterocycles. The fourth-order valence-corrected chi connectivity index (χ4v) is 2.52. The quantitative estimate of drug-likeness (QED) is 0.850. The molecule has 1 N–H and O–H groups in total. The largest absolute Gasteiger partial charge is 0.460 e. The number of rotatable bonds is 3. The summed E-state index contributed by atoms with van der Waals surface area (Å²) in [4.78, 5) is 11.9. The minimum Gasteiger partial charge on any atom is -0.460 e. The molecule has 3 nitrogen and oxygen atoms in total. The molecule has 0 aliphatic carbocycles. The average molecular weight is 352 g/mol. The third-order valence-corrected chi connectivity index (χ3v) is 4.18. The van der Waals surface area contributed by atoms with Crippen molar-refractivity contribution >= 4 is 21.9 Å². The molecule has 2 rings (SSSR count). The highest BCUT2D eigenvalue weighted by molar-refractivity contribution is 9.10. The van der Waals surface area contributed by atoms with Gasteiger partial charge in [0.05, 0.1) is 0 Å². The Balaban J connectivity index is 2.09. The van der Waals surface area contributed by atoms with Gasteiger partial charge in [0.2, 0.25) is 0 Å². The number of hydrogen-bond donors (Lipinski definition) is 1. The molecule has 1 unspecified atom stereocenters. The molecule has 1 atom stereocenters. The molecule has 110 valence electrons. The molecule has 0 saturated carbocycles. The topological polar surface area (TPSA) is 38.3 Å². The van der Waals surface area contributed by atoms with E-state index in [0.29, 0.717) is 10.0 Å². The van der Waals surface area contributed by atoms with Crippen molar-refractivity contribution in [3.8, 4) is 0 Å². The monoisotopic (exact) mass is 351 g/mol. The highest BCUT2D eigenvalue weighted by Crippen LogP contribution is 2.44. The first-order valence-corrected chi connectivity index (χ1v) is 6.84. The predicted molar refractivity (Wildman–Crippen MR) is 69.9 cm³/mol.